The molecule has 0 aliphatic carbocycles. The zero-order chi connectivity index (χ0) is 18.9. The maximum absolute atomic E-state index is 13.0. The molecule has 0 aliphatic rings. The fourth-order valence-corrected chi connectivity index (χ4v) is 2.66. The van der Waals surface area contributed by atoms with Crippen molar-refractivity contribution in [2.75, 3.05) is 5.32 Å². The van der Waals surface area contributed by atoms with Crippen LogP contribution < -0.4 is 5.32 Å². The van der Waals surface area contributed by atoms with Gasteiger partial charge in [0.25, 0.3) is 5.82 Å². The van der Waals surface area contributed by atoms with Gasteiger partial charge >= 0.3 is 6.18 Å². The van der Waals surface area contributed by atoms with Crippen LogP contribution in [0.1, 0.15) is 17.2 Å². The van der Waals surface area contributed by atoms with Crippen LogP contribution in [0.2, 0.25) is 0 Å². The summed E-state index contributed by atoms with van der Waals surface area (Å²) in [7, 11) is 0. The summed E-state index contributed by atoms with van der Waals surface area (Å²) in [6.45, 7) is 0.954. The minimum absolute atomic E-state index is 0.0263. The van der Waals surface area contributed by atoms with Crippen molar-refractivity contribution in [1.29, 1.82) is 0 Å². The molecule has 0 aliphatic heterocycles. The Labute approximate surface area is 151 Å². The van der Waals surface area contributed by atoms with Crippen molar-refractivity contribution in [1.82, 2.24) is 29.4 Å². The van der Waals surface area contributed by atoms with E-state index in [1.807, 2.05) is 41.1 Å². The normalized spacial score (nSPS) is 11.8. The van der Waals surface area contributed by atoms with Gasteiger partial charge in [-0.05, 0) is 17.7 Å². The molecule has 3 heterocycles. The lowest BCUT2D eigenvalue weighted by Gasteiger charge is -2.10. The third kappa shape index (κ3) is 3.59. The average Bonchev–Trinajstić information content (AvgIpc) is 3.26. The Balaban J connectivity index is 1.52. The standard InChI is InChI=1S/C17H14F3N7/c18-17(19,20)16-24-23-14-7-6-13(25-27(14)16)22-10-15-21-8-9-26(15)11-12-4-2-1-3-5-12/h1-9H,10-11H2,(H,22,25). The monoisotopic (exact) mass is 373 g/mol. The number of fused-ring (bicyclic) bond motifs is 1. The molecule has 138 valence electrons. The summed E-state index contributed by atoms with van der Waals surface area (Å²) >= 11 is 0. The molecule has 0 spiro atoms. The van der Waals surface area contributed by atoms with Crippen LogP contribution in [0.15, 0.2) is 54.9 Å². The van der Waals surface area contributed by atoms with Gasteiger partial charge in [0.05, 0.1) is 6.54 Å². The molecule has 3 aromatic heterocycles. The second kappa shape index (κ2) is 6.71. The second-order valence-corrected chi connectivity index (χ2v) is 5.82. The van der Waals surface area contributed by atoms with Crippen molar-refractivity contribution in [3.05, 3.63) is 72.1 Å². The van der Waals surface area contributed by atoms with Gasteiger partial charge in [-0.3, -0.25) is 0 Å². The molecule has 0 saturated heterocycles. The van der Waals surface area contributed by atoms with Crippen molar-refractivity contribution in [2.45, 2.75) is 19.3 Å². The predicted octanol–water partition coefficient (Wildman–Crippen LogP) is 3.00. The number of nitrogens with zero attached hydrogens (tertiary/aromatic N) is 6. The molecule has 0 bridgehead atoms. The van der Waals surface area contributed by atoms with Crippen LogP contribution in [0.5, 0.6) is 0 Å². The molecule has 4 rings (SSSR count). The van der Waals surface area contributed by atoms with Crippen LogP contribution in [0, 0.1) is 0 Å². The molecule has 7 nitrogen and oxygen atoms in total. The summed E-state index contributed by atoms with van der Waals surface area (Å²) in [5.74, 6) is -0.158. The molecule has 4 aromatic rings. The van der Waals surface area contributed by atoms with Gasteiger partial charge in [-0.2, -0.15) is 17.7 Å². The Hall–Kier alpha value is -3.43. The molecular formula is C17H14F3N7. The highest BCUT2D eigenvalue weighted by Gasteiger charge is 2.37. The summed E-state index contributed by atoms with van der Waals surface area (Å²) in [5, 5.41) is 13.6. The zero-order valence-corrected chi connectivity index (χ0v) is 13.9. The number of imidazole rings is 1. The Morgan fingerprint density at radius 2 is 1.81 bits per heavy atom. The number of nitrogens with one attached hydrogen (secondary N) is 1. The quantitative estimate of drug-likeness (QED) is 0.582. The van der Waals surface area contributed by atoms with E-state index >= 15 is 0 Å². The molecule has 0 unspecified atom stereocenters. The van der Waals surface area contributed by atoms with Crippen molar-refractivity contribution >= 4 is 11.5 Å². The smallest absolute Gasteiger partial charge is 0.361 e. The molecule has 0 radical (unpaired) electrons. The molecule has 0 fully saturated rings. The summed E-state index contributed by atoms with van der Waals surface area (Å²) in [6.07, 6.45) is -1.10. The maximum atomic E-state index is 13.0. The number of halogens is 3. The van der Waals surface area contributed by atoms with E-state index in [1.54, 1.807) is 12.3 Å². The van der Waals surface area contributed by atoms with E-state index in [4.69, 9.17) is 0 Å². The van der Waals surface area contributed by atoms with Gasteiger partial charge in [0, 0.05) is 18.9 Å². The van der Waals surface area contributed by atoms with Gasteiger partial charge in [-0.15, -0.1) is 15.3 Å². The van der Waals surface area contributed by atoms with Crippen LogP contribution >= 0.6 is 0 Å². The van der Waals surface area contributed by atoms with E-state index in [9.17, 15) is 13.2 Å². The highest BCUT2D eigenvalue weighted by molar-refractivity contribution is 5.44. The number of benzene rings is 1. The van der Waals surface area contributed by atoms with E-state index in [-0.39, 0.29) is 11.5 Å². The van der Waals surface area contributed by atoms with Crippen molar-refractivity contribution in [3.63, 3.8) is 0 Å². The van der Waals surface area contributed by atoms with E-state index in [0.29, 0.717) is 17.6 Å². The molecule has 0 amide bonds. The van der Waals surface area contributed by atoms with E-state index in [2.05, 4.69) is 25.6 Å². The van der Waals surface area contributed by atoms with Gasteiger partial charge in [0.15, 0.2) is 5.65 Å². The van der Waals surface area contributed by atoms with Gasteiger partial charge in [-0.1, -0.05) is 30.3 Å². The van der Waals surface area contributed by atoms with E-state index < -0.39 is 12.0 Å². The van der Waals surface area contributed by atoms with Crippen LogP contribution in [-0.4, -0.2) is 29.4 Å². The number of hydrogen-bond donors (Lipinski definition) is 1. The highest BCUT2D eigenvalue weighted by Crippen LogP contribution is 2.27. The molecular weight excluding hydrogens is 359 g/mol. The summed E-state index contributed by atoms with van der Waals surface area (Å²) in [6, 6.07) is 12.9. The van der Waals surface area contributed by atoms with Crippen LogP contribution in [0.25, 0.3) is 5.65 Å². The van der Waals surface area contributed by atoms with Gasteiger partial charge in [0.1, 0.15) is 11.6 Å². The highest BCUT2D eigenvalue weighted by atomic mass is 19.4. The Morgan fingerprint density at radius 3 is 2.59 bits per heavy atom. The molecule has 1 aromatic carbocycles. The van der Waals surface area contributed by atoms with Crippen molar-refractivity contribution in [3.8, 4) is 0 Å². The average molecular weight is 373 g/mol. The van der Waals surface area contributed by atoms with Crippen LogP contribution in [0.4, 0.5) is 19.0 Å². The minimum atomic E-state index is -4.63. The number of anilines is 1. The summed E-state index contributed by atoms with van der Waals surface area (Å²) in [4.78, 5) is 4.30. The van der Waals surface area contributed by atoms with Gasteiger partial charge < -0.3 is 9.88 Å². The Kier molecular flexibility index (Phi) is 4.22. The first-order chi connectivity index (χ1) is 13.0. The molecule has 27 heavy (non-hydrogen) atoms. The molecule has 0 saturated carbocycles. The lowest BCUT2D eigenvalue weighted by atomic mass is 10.2. The number of aromatic nitrogens is 6. The number of alkyl halides is 3. The van der Waals surface area contributed by atoms with Crippen LogP contribution in [-0.2, 0) is 19.3 Å². The lowest BCUT2D eigenvalue weighted by Crippen LogP contribution is -2.14. The predicted molar refractivity (Wildman–Crippen MR) is 90.9 cm³/mol. The molecule has 1 N–H and O–H groups in total. The lowest BCUT2D eigenvalue weighted by molar-refractivity contribution is -0.146. The Morgan fingerprint density at radius 1 is 1.00 bits per heavy atom. The first-order valence-electron chi connectivity index (χ1n) is 8.08. The maximum Gasteiger partial charge on any atom is 0.453 e. The second-order valence-electron chi connectivity index (χ2n) is 5.82. The first-order valence-corrected chi connectivity index (χ1v) is 8.08. The van der Waals surface area contributed by atoms with E-state index in [1.165, 1.54) is 6.07 Å². The van der Waals surface area contributed by atoms with Gasteiger partial charge in [-0.25, -0.2) is 4.98 Å². The SMILES string of the molecule is FC(F)(F)c1nnc2ccc(NCc3nccn3Cc3ccccc3)nn12. The summed E-state index contributed by atoms with van der Waals surface area (Å²) in [5.41, 5.74) is 1.15. The summed E-state index contributed by atoms with van der Waals surface area (Å²) < 4.78 is 41.5. The number of hydrogen-bond acceptors (Lipinski definition) is 5. The number of rotatable bonds is 5. The zero-order valence-electron chi connectivity index (χ0n) is 13.9. The topological polar surface area (TPSA) is 72.9 Å². The first kappa shape index (κ1) is 17.0. The third-order valence-corrected chi connectivity index (χ3v) is 3.94. The third-order valence-electron chi connectivity index (χ3n) is 3.94. The molecule has 10 heteroatoms. The fraction of sp³-hybridized carbons (Fsp3) is 0.176. The Bertz CT molecular complexity index is 1050. The molecule has 0 atom stereocenters. The van der Waals surface area contributed by atoms with E-state index in [0.717, 1.165) is 11.4 Å². The minimum Gasteiger partial charge on any atom is -0.361 e. The van der Waals surface area contributed by atoms with Crippen molar-refractivity contribution in [2.24, 2.45) is 0 Å². The van der Waals surface area contributed by atoms with Gasteiger partial charge in [0.2, 0.25) is 0 Å². The fourth-order valence-electron chi connectivity index (χ4n) is 2.66. The largest absolute Gasteiger partial charge is 0.453 e. The van der Waals surface area contributed by atoms with Crippen LogP contribution in [0.3, 0.4) is 0 Å². The van der Waals surface area contributed by atoms with Crippen molar-refractivity contribution < 1.29 is 13.2 Å².